The Morgan fingerprint density at radius 1 is 0.955 bits per heavy atom. The first-order valence-electron chi connectivity index (χ1n) is 7.89. The van der Waals surface area contributed by atoms with Gasteiger partial charge in [0, 0.05) is 0 Å². The minimum absolute atomic E-state index is 0.661. The highest BCUT2D eigenvalue weighted by Crippen LogP contribution is 2.28. The number of rotatable bonds is 7. The minimum Gasteiger partial charge on any atom is -0.493 e. The molecule has 0 fully saturated rings. The van der Waals surface area contributed by atoms with Crippen molar-refractivity contribution in [2.45, 2.75) is 33.1 Å². The van der Waals surface area contributed by atoms with E-state index < -0.39 is 0 Å². The van der Waals surface area contributed by atoms with Gasteiger partial charge in [0.1, 0.15) is 0 Å². The van der Waals surface area contributed by atoms with Crippen LogP contribution in [0.5, 0.6) is 11.5 Å². The van der Waals surface area contributed by atoms with E-state index in [0.29, 0.717) is 5.92 Å². The predicted octanol–water partition coefficient (Wildman–Crippen LogP) is 4.82. The van der Waals surface area contributed by atoms with E-state index in [1.807, 2.05) is 6.07 Å². The number of methoxy groups -OCH3 is 2. The van der Waals surface area contributed by atoms with E-state index in [1.165, 1.54) is 23.1 Å². The summed E-state index contributed by atoms with van der Waals surface area (Å²) >= 11 is 0. The van der Waals surface area contributed by atoms with Crippen LogP contribution in [0.2, 0.25) is 0 Å². The summed E-state index contributed by atoms with van der Waals surface area (Å²) in [5.41, 5.74) is 4.15. The molecule has 0 bridgehead atoms. The normalized spacial score (nSPS) is 12.0. The van der Waals surface area contributed by atoms with Crippen LogP contribution in [0.4, 0.5) is 0 Å². The molecule has 0 aromatic heterocycles. The molecule has 0 unspecified atom stereocenters. The second-order valence-corrected chi connectivity index (χ2v) is 5.96. The maximum absolute atomic E-state index is 5.37. The zero-order valence-corrected chi connectivity index (χ0v) is 14.1. The van der Waals surface area contributed by atoms with E-state index in [4.69, 9.17) is 9.47 Å². The van der Waals surface area contributed by atoms with Crippen molar-refractivity contribution in [3.63, 3.8) is 0 Å². The molecule has 0 aliphatic carbocycles. The summed E-state index contributed by atoms with van der Waals surface area (Å²) in [6, 6.07) is 14.9. The quantitative estimate of drug-likeness (QED) is 0.729. The lowest BCUT2D eigenvalue weighted by atomic mass is 9.92. The molecule has 0 N–H and O–H groups in total. The molecule has 22 heavy (non-hydrogen) atoms. The number of hydrogen-bond donors (Lipinski definition) is 0. The van der Waals surface area contributed by atoms with Gasteiger partial charge in [-0.3, -0.25) is 0 Å². The standard InChI is InChI=1S/C20H26O2/c1-15(13-18-8-6-5-7-16(18)2)9-10-17-11-12-19(21-3)20(14-17)22-4/h5-8,11-12,14-15H,9-10,13H2,1-4H3/t15-/m0/s1. The Morgan fingerprint density at radius 2 is 1.68 bits per heavy atom. The summed E-state index contributed by atoms with van der Waals surface area (Å²) in [5, 5.41) is 0. The molecule has 0 radical (unpaired) electrons. The third-order valence-electron chi connectivity index (χ3n) is 4.20. The molecule has 2 aromatic carbocycles. The van der Waals surface area contributed by atoms with Gasteiger partial charge in [-0.05, 0) is 60.9 Å². The highest BCUT2D eigenvalue weighted by Gasteiger charge is 2.08. The summed E-state index contributed by atoms with van der Waals surface area (Å²) < 4.78 is 10.7. The Kier molecular flexibility index (Phi) is 5.88. The number of hydrogen-bond acceptors (Lipinski definition) is 2. The van der Waals surface area contributed by atoms with Gasteiger partial charge in [0.25, 0.3) is 0 Å². The molecule has 0 saturated heterocycles. The van der Waals surface area contributed by atoms with Crippen LogP contribution in [-0.4, -0.2) is 14.2 Å². The Hall–Kier alpha value is -1.96. The van der Waals surface area contributed by atoms with Gasteiger partial charge in [0.15, 0.2) is 11.5 Å². The van der Waals surface area contributed by atoms with Crippen LogP contribution < -0.4 is 9.47 Å². The van der Waals surface area contributed by atoms with Gasteiger partial charge < -0.3 is 9.47 Å². The van der Waals surface area contributed by atoms with E-state index >= 15 is 0 Å². The Bertz CT molecular complexity index is 604. The van der Waals surface area contributed by atoms with Crippen LogP contribution in [0.1, 0.15) is 30.0 Å². The fourth-order valence-corrected chi connectivity index (χ4v) is 2.77. The average molecular weight is 298 g/mol. The molecule has 0 saturated carbocycles. The van der Waals surface area contributed by atoms with Gasteiger partial charge in [-0.15, -0.1) is 0 Å². The first-order valence-corrected chi connectivity index (χ1v) is 7.89. The second-order valence-electron chi connectivity index (χ2n) is 5.96. The van der Waals surface area contributed by atoms with Gasteiger partial charge in [-0.25, -0.2) is 0 Å². The molecule has 0 amide bonds. The van der Waals surface area contributed by atoms with Crippen LogP contribution >= 0.6 is 0 Å². The molecule has 0 heterocycles. The van der Waals surface area contributed by atoms with E-state index in [-0.39, 0.29) is 0 Å². The molecule has 2 aromatic rings. The highest BCUT2D eigenvalue weighted by molar-refractivity contribution is 5.42. The molecule has 0 aliphatic heterocycles. The SMILES string of the molecule is COc1ccc(CC[C@H](C)Cc2ccccc2C)cc1OC. The first kappa shape index (κ1) is 16.4. The monoisotopic (exact) mass is 298 g/mol. The van der Waals surface area contributed by atoms with Crippen LogP contribution in [0, 0.1) is 12.8 Å². The van der Waals surface area contributed by atoms with Crippen LogP contribution in [0.25, 0.3) is 0 Å². The van der Waals surface area contributed by atoms with E-state index in [0.717, 1.165) is 24.3 Å². The fourth-order valence-electron chi connectivity index (χ4n) is 2.77. The zero-order valence-electron chi connectivity index (χ0n) is 14.1. The number of aryl methyl sites for hydroxylation is 2. The predicted molar refractivity (Wildman–Crippen MR) is 91.9 cm³/mol. The summed E-state index contributed by atoms with van der Waals surface area (Å²) in [7, 11) is 3.35. The third kappa shape index (κ3) is 4.27. The number of benzene rings is 2. The Balaban J connectivity index is 1.93. The van der Waals surface area contributed by atoms with Crippen LogP contribution in [0.3, 0.4) is 0 Å². The van der Waals surface area contributed by atoms with Crippen molar-refractivity contribution in [3.05, 3.63) is 59.2 Å². The third-order valence-corrected chi connectivity index (χ3v) is 4.20. The van der Waals surface area contributed by atoms with Gasteiger partial charge in [-0.1, -0.05) is 37.3 Å². The Morgan fingerprint density at radius 3 is 2.36 bits per heavy atom. The number of ether oxygens (including phenoxy) is 2. The van der Waals surface area contributed by atoms with Crippen molar-refractivity contribution >= 4 is 0 Å². The highest BCUT2D eigenvalue weighted by atomic mass is 16.5. The lowest BCUT2D eigenvalue weighted by Crippen LogP contribution is -2.03. The first-order chi connectivity index (χ1) is 10.6. The molecular weight excluding hydrogens is 272 g/mol. The molecule has 0 spiro atoms. The molecule has 2 rings (SSSR count). The molecule has 2 nitrogen and oxygen atoms in total. The van der Waals surface area contributed by atoms with Gasteiger partial charge in [0.05, 0.1) is 14.2 Å². The summed E-state index contributed by atoms with van der Waals surface area (Å²) in [6.07, 6.45) is 3.37. The topological polar surface area (TPSA) is 18.5 Å². The minimum atomic E-state index is 0.661. The smallest absolute Gasteiger partial charge is 0.160 e. The Labute approximate surface area is 134 Å². The summed E-state index contributed by atoms with van der Waals surface area (Å²) in [4.78, 5) is 0. The molecule has 0 aliphatic rings. The van der Waals surface area contributed by atoms with Crippen LogP contribution in [0.15, 0.2) is 42.5 Å². The average Bonchev–Trinajstić information content (AvgIpc) is 2.54. The maximum Gasteiger partial charge on any atom is 0.160 e. The lowest BCUT2D eigenvalue weighted by molar-refractivity contribution is 0.354. The van der Waals surface area contributed by atoms with Gasteiger partial charge in [-0.2, -0.15) is 0 Å². The van der Waals surface area contributed by atoms with Crippen molar-refractivity contribution in [1.29, 1.82) is 0 Å². The summed E-state index contributed by atoms with van der Waals surface area (Å²) in [5.74, 6) is 2.26. The maximum atomic E-state index is 5.37. The molecule has 1 atom stereocenters. The molecular formula is C20H26O2. The van der Waals surface area contributed by atoms with Crippen LogP contribution in [-0.2, 0) is 12.8 Å². The largest absolute Gasteiger partial charge is 0.493 e. The van der Waals surface area contributed by atoms with Crippen molar-refractivity contribution in [3.8, 4) is 11.5 Å². The van der Waals surface area contributed by atoms with Crippen molar-refractivity contribution in [2.75, 3.05) is 14.2 Å². The van der Waals surface area contributed by atoms with Crippen molar-refractivity contribution in [1.82, 2.24) is 0 Å². The van der Waals surface area contributed by atoms with E-state index in [9.17, 15) is 0 Å². The van der Waals surface area contributed by atoms with Gasteiger partial charge >= 0.3 is 0 Å². The second kappa shape index (κ2) is 7.88. The van der Waals surface area contributed by atoms with Gasteiger partial charge in [0.2, 0.25) is 0 Å². The van der Waals surface area contributed by atoms with Crippen molar-refractivity contribution in [2.24, 2.45) is 5.92 Å². The molecule has 2 heteroatoms. The summed E-state index contributed by atoms with van der Waals surface area (Å²) in [6.45, 7) is 4.52. The lowest BCUT2D eigenvalue weighted by Gasteiger charge is -2.14. The molecule has 118 valence electrons. The van der Waals surface area contributed by atoms with E-state index in [2.05, 4.69) is 50.2 Å². The zero-order chi connectivity index (χ0) is 15.9. The van der Waals surface area contributed by atoms with Crippen molar-refractivity contribution < 1.29 is 9.47 Å². The van der Waals surface area contributed by atoms with E-state index in [1.54, 1.807) is 14.2 Å². The fraction of sp³-hybridized carbons (Fsp3) is 0.400.